The third kappa shape index (κ3) is 12.1. The Morgan fingerprint density at radius 3 is 1.85 bits per heavy atom. The standard InChI is InChI=1S/C45H54F2N2O6/c1-34-40(32-51-28-35-18-8-4-9-19-35)55-44(2,42(53-30-37-22-12-6-13-23-37)41(34)52-29-36-20-10-5-11-21-36)45(46,47)33-49-27-17-16-26-39(48-3)43(50)54-31-38-24-14-7-15-25-38/h4-15,18-25,33-34,39-42,48H,16-17,26-32H2,1-3H3/t34-,39-,40+,41-,42+,44+/m0/s1. The molecule has 0 unspecified atom stereocenters. The van der Waals surface area contributed by atoms with E-state index in [-0.39, 0.29) is 44.9 Å². The van der Waals surface area contributed by atoms with Crippen molar-refractivity contribution in [2.24, 2.45) is 10.9 Å². The van der Waals surface area contributed by atoms with Crippen LogP contribution in [-0.2, 0) is 54.9 Å². The predicted octanol–water partition coefficient (Wildman–Crippen LogP) is 8.38. The molecule has 0 aromatic heterocycles. The number of hydrogen-bond donors (Lipinski definition) is 1. The van der Waals surface area contributed by atoms with Crippen molar-refractivity contribution in [2.45, 2.75) is 95.4 Å². The first-order valence-electron chi connectivity index (χ1n) is 19.1. The number of ether oxygens (including phenoxy) is 5. The lowest BCUT2D eigenvalue weighted by molar-refractivity contribution is -0.319. The van der Waals surface area contributed by atoms with Gasteiger partial charge in [-0.2, -0.15) is 8.78 Å². The molecule has 5 rings (SSSR count). The largest absolute Gasteiger partial charge is 0.460 e. The third-order valence-electron chi connectivity index (χ3n) is 10.1. The first-order valence-corrected chi connectivity index (χ1v) is 19.1. The van der Waals surface area contributed by atoms with Crippen LogP contribution in [0.2, 0.25) is 0 Å². The summed E-state index contributed by atoms with van der Waals surface area (Å²) in [6.45, 7) is 4.35. The molecule has 4 aromatic carbocycles. The fourth-order valence-electron chi connectivity index (χ4n) is 6.70. The van der Waals surface area contributed by atoms with Crippen molar-refractivity contribution in [3.63, 3.8) is 0 Å². The SMILES string of the molecule is CN[C@@H](CCCCN=CC(F)(F)[C@]1(C)O[C@H](COCc2ccccc2)[C@H](C)[C@H](OCc2ccccc2)[C@H]1OCc1ccccc1)C(=O)OCc1ccccc1. The number of aliphatic imine (C=N–C) groups is 1. The number of carbonyl (C=O) groups is 1. The number of benzene rings is 4. The molecule has 0 spiro atoms. The van der Waals surface area contributed by atoms with Crippen molar-refractivity contribution in [1.29, 1.82) is 0 Å². The van der Waals surface area contributed by atoms with Crippen molar-refractivity contribution in [3.8, 4) is 0 Å². The molecule has 8 nitrogen and oxygen atoms in total. The Balaban J connectivity index is 1.29. The van der Waals surface area contributed by atoms with Crippen molar-refractivity contribution in [3.05, 3.63) is 144 Å². The molecule has 1 fully saturated rings. The number of esters is 1. The van der Waals surface area contributed by atoms with Gasteiger partial charge in [0.15, 0.2) is 5.60 Å². The van der Waals surface area contributed by atoms with Crippen LogP contribution in [0.25, 0.3) is 0 Å². The van der Waals surface area contributed by atoms with Gasteiger partial charge in [0, 0.05) is 12.5 Å². The molecule has 1 aliphatic heterocycles. The fraction of sp³-hybridized carbons (Fsp3) is 0.422. The Kier molecular flexibility index (Phi) is 16.1. The van der Waals surface area contributed by atoms with Crippen LogP contribution in [0.1, 0.15) is 55.4 Å². The molecule has 0 aliphatic carbocycles. The average Bonchev–Trinajstić information content (AvgIpc) is 3.21. The molecule has 1 aliphatic rings. The van der Waals surface area contributed by atoms with Crippen molar-refractivity contribution >= 4 is 12.2 Å². The summed E-state index contributed by atoms with van der Waals surface area (Å²) in [5.74, 6) is -4.28. The van der Waals surface area contributed by atoms with E-state index in [4.69, 9.17) is 23.7 Å². The van der Waals surface area contributed by atoms with Crippen LogP contribution >= 0.6 is 0 Å². The molecule has 55 heavy (non-hydrogen) atoms. The zero-order valence-corrected chi connectivity index (χ0v) is 32.0. The van der Waals surface area contributed by atoms with Gasteiger partial charge in [-0.3, -0.25) is 9.79 Å². The van der Waals surface area contributed by atoms with Gasteiger partial charge in [0.25, 0.3) is 0 Å². The van der Waals surface area contributed by atoms with E-state index in [1.165, 1.54) is 6.92 Å². The van der Waals surface area contributed by atoms with Crippen LogP contribution in [-0.4, -0.2) is 68.3 Å². The minimum atomic E-state index is -3.56. The Bertz CT molecular complexity index is 1720. The van der Waals surface area contributed by atoms with Crippen LogP contribution in [0.4, 0.5) is 8.78 Å². The number of rotatable bonds is 21. The van der Waals surface area contributed by atoms with Crippen molar-refractivity contribution < 1.29 is 37.3 Å². The highest BCUT2D eigenvalue weighted by Crippen LogP contribution is 2.45. The topological polar surface area (TPSA) is 87.6 Å². The monoisotopic (exact) mass is 756 g/mol. The van der Waals surface area contributed by atoms with Crippen molar-refractivity contribution in [1.82, 2.24) is 5.32 Å². The van der Waals surface area contributed by atoms with E-state index in [0.717, 1.165) is 22.3 Å². The van der Waals surface area contributed by atoms with Crippen LogP contribution in [0.15, 0.2) is 126 Å². The van der Waals surface area contributed by atoms with E-state index >= 15 is 8.78 Å². The van der Waals surface area contributed by atoms with E-state index in [1.807, 2.05) is 128 Å². The zero-order chi connectivity index (χ0) is 38.9. The molecule has 6 atom stereocenters. The van der Waals surface area contributed by atoms with Gasteiger partial charge >= 0.3 is 11.9 Å². The second kappa shape index (κ2) is 21.1. The summed E-state index contributed by atoms with van der Waals surface area (Å²) in [4.78, 5) is 16.9. The molecular weight excluding hydrogens is 702 g/mol. The summed E-state index contributed by atoms with van der Waals surface area (Å²) in [6.07, 6.45) is -0.414. The molecule has 0 saturated carbocycles. The second-order valence-corrected chi connectivity index (χ2v) is 14.2. The lowest BCUT2D eigenvalue weighted by Crippen LogP contribution is -2.69. The summed E-state index contributed by atoms with van der Waals surface area (Å²) in [7, 11) is 1.70. The molecular formula is C45H54F2N2O6. The number of alkyl halides is 2. The van der Waals surface area contributed by atoms with Crippen molar-refractivity contribution in [2.75, 3.05) is 20.2 Å². The Morgan fingerprint density at radius 1 is 0.800 bits per heavy atom. The summed E-state index contributed by atoms with van der Waals surface area (Å²) in [5.41, 5.74) is 1.46. The van der Waals surface area contributed by atoms with Crippen LogP contribution < -0.4 is 5.32 Å². The number of carbonyl (C=O) groups excluding carboxylic acids is 1. The number of halogens is 2. The first-order chi connectivity index (χ1) is 26.7. The molecule has 0 bridgehead atoms. The van der Waals surface area contributed by atoms with Crippen LogP contribution in [0.3, 0.4) is 0 Å². The van der Waals surface area contributed by atoms with E-state index in [0.29, 0.717) is 32.1 Å². The molecule has 4 aromatic rings. The highest BCUT2D eigenvalue weighted by molar-refractivity contribution is 5.75. The third-order valence-corrected chi connectivity index (χ3v) is 10.1. The van der Waals surface area contributed by atoms with Crippen LogP contribution in [0, 0.1) is 5.92 Å². The Hall–Kier alpha value is -4.32. The van der Waals surface area contributed by atoms with Gasteiger partial charge in [0.1, 0.15) is 18.8 Å². The quantitative estimate of drug-likeness (QED) is 0.0520. The van der Waals surface area contributed by atoms with E-state index in [2.05, 4.69) is 10.3 Å². The maximum Gasteiger partial charge on any atom is 0.323 e. The minimum absolute atomic E-state index is 0.0793. The van der Waals surface area contributed by atoms with Gasteiger partial charge in [-0.1, -0.05) is 128 Å². The lowest BCUT2D eigenvalue weighted by Gasteiger charge is -2.52. The average molecular weight is 757 g/mol. The maximum absolute atomic E-state index is 16.8. The van der Waals surface area contributed by atoms with Gasteiger partial charge in [-0.15, -0.1) is 0 Å². The van der Waals surface area contributed by atoms with Gasteiger partial charge in [0.05, 0.1) is 44.9 Å². The summed E-state index contributed by atoms with van der Waals surface area (Å²) >= 11 is 0. The molecule has 1 heterocycles. The highest BCUT2D eigenvalue weighted by atomic mass is 19.3. The number of nitrogens with zero attached hydrogens (tertiary/aromatic N) is 1. The number of unbranched alkanes of at least 4 members (excludes halogenated alkanes) is 1. The second-order valence-electron chi connectivity index (χ2n) is 14.2. The molecule has 1 saturated heterocycles. The Morgan fingerprint density at radius 2 is 1.31 bits per heavy atom. The number of hydrogen-bond acceptors (Lipinski definition) is 8. The van der Waals surface area contributed by atoms with E-state index in [1.54, 1.807) is 7.05 Å². The van der Waals surface area contributed by atoms with Crippen LogP contribution in [0.5, 0.6) is 0 Å². The Labute approximate surface area is 324 Å². The molecule has 0 amide bonds. The van der Waals surface area contributed by atoms with Gasteiger partial charge < -0.3 is 29.0 Å². The van der Waals surface area contributed by atoms with Gasteiger partial charge in [-0.05, 0) is 55.5 Å². The molecule has 294 valence electrons. The normalized spacial score (nSPS) is 22.1. The number of likely N-dealkylation sites (N-methyl/N-ethyl adjacent to an activating group) is 1. The van der Waals surface area contributed by atoms with E-state index in [9.17, 15) is 4.79 Å². The summed E-state index contributed by atoms with van der Waals surface area (Å²) < 4.78 is 64.6. The predicted molar refractivity (Wildman–Crippen MR) is 210 cm³/mol. The number of nitrogens with one attached hydrogen (secondary N) is 1. The highest BCUT2D eigenvalue weighted by Gasteiger charge is 2.63. The summed E-state index contributed by atoms with van der Waals surface area (Å²) in [6, 6.07) is 37.7. The maximum atomic E-state index is 16.8. The molecule has 1 N–H and O–H groups in total. The lowest BCUT2D eigenvalue weighted by atomic mass is 9.78. The fourth-order valence-corrected chi connectivity index (χ4v) is 6.70. The van der Waals surface area contributed by atoms with Gasteiger partial charge in [-0.25, -0.2) is 0 Å². The first kappa shape index (κ1) is 41.8. The minimum Gasteiger partial charge on any atom is -0.460 e. The smallest absolute Gasteiger partial charge is 0.323 e. The summed E-state index contributed by atoms with van der Waals surface area (Å²) in [5, 5.41) is 3.00. The zero-order valence-electron chi connectivity index (χ0n) is 32.0. The van der Waals surface area contributed by atoms with E-state index < -0.39 is 35.9 Å². The van der Waals surface area contributed by atoms with Gasteiger partial charge in [0.2, 0.25) is 0 Å². The molecule has 0 radical (unpaired) electrons. The molecule has 10 heteroatoms.